The maximum Gasteiger partial charge on any atom is 0.417 e. The molecule has 1 aromatic carbocycles. The lowest BCUT2D eigenvalue weighted by Gasteiger charge is -2.33. The number of nitrogens with zero attached hydrogens (tertiary/aromatic N) is 6. The minimum atomic E-state index is -4.65. The lowest BCUT2D eigenvalue weighted by Crippen LogP contribution is -2.39. The predicted octanol–water partition coefficient (Wildman–Crippen LogP) is 3.54. The summed E-state index contributed by atoms with van der Waals surface area (Å²) in [5, 5.41) is 12.3. The van der Waals surface area contributed by atoms with Crippen LogP contribution in [0.25, 0.3) is 5.82 Å². The summed E-state index contributed by atoms with van der Waals surface area (Å²) in [7, 11) is 1.61. The second kappa shape index (κ2) is 8.55. The van der Waals surface area contributed by atoms with Crippen LogP contribution in [0, 0.1) is 0 Å². The average Bonchev–Trinajstić information content (AvgIpc) is 3.38. The highest BCUT2D eigenvalue weighted by molar-refractivity contribution is 6.34. The van der Waals surface area contributed by atoms with E-state index >= 15 is 0 Å². The fourth-order valence-electron chi connectivity index (χ4n) is 3.74. The van der Waals surface area contributed by atoms with Crippen molar-refractivity contribution in [2.45, 2.75) is 32.1 Å². The minimum Gasteiger partial charge on any atom is -0.383 e. The number of carbonyl (C=O) groups is 1. The van der Waals surface area contributed by atoms with E-state index in [4.69, 9.17) is 16.3 Å². The number of hydrogen-bond donors (Lipinski definition) is 0. The molecule has 32 heavy (non-hydrogen) atoms. The third kappa shape index (κ3) is 3.97. The number of ether oxygens (including phenoxy) is 1. The Hall–Kier alpha value is -2.92. The molecule has 1 aliphatic rings. The Bertz CT molecular complexity index is 1140. The number of hydrogen-bond acceptors (Lipinski definition) is 5. The molecule has 0 unspecified atom stereocenters. The second-order valence-corrected chi connectivity index (χ2v) is 7.73. The number of alkyl halides is 3. The summed E-state index contributed by atoms with van der Waals surface area (Å²) in [6, 6.07) is 4.63. The van der Waals surface area contributed by atoms with Gasteiger partial charge in [-0.15, -0.1) is 5.10 Å². The summed E-state index contributed by atoms with van der Waals surface area (Å²) >= 11 is 5.96. The van der Waals surface area contributed by atoms with Gasteiger partial charge in [-0.2, -0.15) is 23.0 Å². The molecule has 0 saturated carbocycles. The number of methoxy groups -OCH3 is 1. The molecular weight excluding hydrogens is 449 g/mol. The Morgan fingerprint density at radius 1 is 1.31 bits per heavy atom. The Balaban J connectivity index is 1.60. The van der Waals surface area contributed by atoms with Crippen LogP contribution in [-0.4, -0.2) is 55.8 Å². The normalized spacial score (nSPS) is 16.3. The largest absolute Gasteiger partial charge is 0.417 e. The number of fused-ring (bicyclic) bond motifs is 1. The molecule has 4 rings (SSSR count). The zero-order valence-electron chi connectivity index (χ0n) is 17.3. The number of amides is 1. The van der Waals surface area contributed by atoms with Gasteiger partial charge in [-0.05, 0) is 19.1 Å². The predicted molar refractivity (Wildman–Crippen MR) is 109 cm³/mol. The summed E-state index contributed by atoms with van der Waals surface area (Å²) in [5.41, 5.74) is 0.138. The minimum absolute atomic E-state index is 0.193. The van der Waals surface area contributed by atoms with E-state index in [1.165, 1.54) is 17.0 Å². The van der Waals surface area contributed by atoms with Crippen LogP contribution < -0.4 is 0 Å². The van der Waals surface area contributed by atoms with Crippen LogP contribution in [0.4, 0.5) is 13.2 Å². The van der Waals surface area contributed by atoms with Crippen molar-refractivity contribution in [1.82, 2.24) is 29.7 Å². The average molecular weight is 469 g/mol. The van der Waals surface area contributed by atoms with Gasteiger partial charge >= 0.3 is 6.18 Å². The second-order valence-electron chi connectivity index (χ2n) is 7.35. The number of halogens is 4. The van der Waals surface area contributed by atoms with Gasteiger partial charge in [0.05, 0.1) is 41.0 Å². The molecule has 0 aliphatic carbocycles. The van der Waals surface area contributed by atoms with Crippen molar-refractivity contribution in [2.24, 2.45) is 0 Å². The van der Waals surface area contributed by atoms with Crippen molar-refractivity contribution in [2.75, 3.05) is 20.3 Å². The van der Waals surface area contributed by atoms with E-state index in [2.05, 4.69) is 15.4 Å². The quantitative estimate of drug-likeness (QED) is 0.572. The van der Waals surface area contributed by atoms with E-state index in [9.17, 15) is 18.0 Å². The summed E-state index contributed by atoms with van der Waals surface area (Å²) < 4.78 is 48.0. The summed E-state index contributed by atoms with van der Waals surface area (Å²) in [6.07, 6.45) is -2.43. The van der Waals surface area contributed by atoms with E-state index in [1.807, 2.05) is 0 Å². The van der Waals surface area contributed by atoms with Gasteiger partial charge in [0.2, 0.25) is 0 Å². The van der Waals surface area contributed by atoms with E-state index in [0.717, 1.165) is 11.8 Å². The molecule has 1 atom stereocenters. The highest BCUT2D eigenvalue weighted by Gasteiger charge is 2.37. The van der Waals surface area contributed by atoms with Crippen molar-refractivity contribution in [1.29, 1.82) is 0 Å². The van der Waals surface area contributed by atoms with Gasteiger partial charge in [0.25, 0.3) is 5.91 Å². The fourth-order valence-corrected chi connectivity index (χ4v) is 4.06. The first-order chi connectivity index (χ1) is 15.2. The van der Waals surface area contributed by atoms with Gasteiger partial charge in [0, 0.05) is 32.3 Å². The summed E-state index contributed by atoms with van der Waals surface area (Å²) in [4.78, 5) is 14.6. The molecule has 8 nitrogen and oxygen atoms in total. The molecule has 3 heterocycles. The first-order valence-electron chi connectivity index (χ1n) is 9.86. The molecule has 0 saturated heterocycles. The SMILES string of the molecule is COCCn1ccc(-n2nnc3c2CCN(C(=O)c2cccc(C(F)(F)F)c2Cl)[C@@H]3C)n1. The number of benzene rings is 1. The zero-order chi connectivity index (χ0) is 23.0. The topological polar surface area (TPSA) is 78.1 Å². The van der Waals surface area contributed by atoms with Crippen molar-refractivity contribution < 1.29 is 22.7 Å². The van der Waals surface area contributed by atoms with Crippen LogP contribution >= 0.6 is 11.6 Å². The Morgan fingerprint density at radius 3 is 2.81 bits per heavy atom. The molecule has 1 aliphatic heterocycles. The monoisotopic (exact) mass is 468 g/mol. The van der Waals surface area contributed by atoms with Crippen molar-refractivity contribution in [3.8, 4) is 5.82 Å². The Morgan fingerprint density at radius 2 is 2.09 bits per heavy atom. The van der Waals surface area contributed by atoms with Crippen LogP contribution in [0.15, 0.2) is 30.5 Å². The maximum atomic E-state index is 13.2. The highest BCUT2D eigenvalue weighted by Crippen LogP contribution is 2.38. The van der Waals surface area contributed by atoms with Gasteiger partial charge in [0.1, 0.15) is 5.69 Å². The zero-order valence-corrected chi connectivity index (χ0v) is 18.1. The molecule has 1 amide bonds. The van der Waals surface area contributed by atoms with Crippen LogP contribution in [0.2, 0.25) is 5.02 Å². The maximum absolute atomic E-state index is 13.2. The summed E-state index contributed by atoms with van der Waals surface area (Å²) in [5.74, 6) is 0.000367. The van der Waals surface area contributed by atoms with Crippen LogP contribution in [-0.2, 0) is 23.9 Å². The van der Waals surface area contributed by atoms with Gasteiger partial charge < -0.3 is 9.64 Å². The van der Waals surface area contributed by atoms with Crippen molar-refractivity contribution >= 4 is 17.5 Å². The highest BCUT2D eigenvalue weighted by atomic mass is 35.5. The smallest absolute Gasteiger partial charge is 0.383 e. The van der Waals surface area contributed by atoms with Crippen LogP contribution in [0.3, 0.4) is 0 Å². The number of rotatable bonds is 5. The molecule has 0 radical (unpaired) electrons. The Labute approximate surface area is 186 Å². The summed E-state index contributed by atoms with van der Waals surface area (Å²) in [6.45, 7) is 3.14. The van der Waals surface area contributed by atoms with E-state index in [0.29, 0.717) is 31.1 Å². The van der Waals surface area contributed by atoms with Gasteiger partial charge in [0.15, 0.2) is 5.82 Å². The van der Waals surface area contributed by atoms with Crippen molar-refractivity contribution in [3.63, 3.8) is 0 Å². The molecular formula is C20H20ClF3N6O2. The van der Waals surface area contributed by atoms with E-state index in [-0.39, 0.29) is 12.1 Å². The standard InChI is InChI=1S/C20H20ClF3N6O2/c1-12-18-15(30(27-25-18)16-7-8-28(26-16)10-11-32-2)6-9-29(12)19(31)13-4-3-5-14(17(13)21)20(22,23)24/h3-5,7-8,12H,6,9-11H2,1-2H3/t12-/m1/s1. The lowest BCUT2D eigenvalue weighted by atomic mass is 10.0. The molecule has 2 aromatic heterocycles. The van der Waals surface area contributed by atoms with Crippen LogP contribution in [0.5, 0.6) is 0 Å². The van der Waals surface area contributed by atoms with E-state index < -0.39 is 28.7 Å². The molecule has 0 N–H and O–H groups in total. The first-order valence-corrected chi connectivity index (χ1v) is 10.2. The lowest BCUT2D eigenvalue weighted by molar-refractivity contribution is -0.137. The Kier molecular flexibility index (Phi) is 5.95. The number of carbonyl (C=O) groups excluding carboxylic acids is 1. The van der Waals surface area contributed by atoms with Crippen molar-refractivity contribution in [3.05, 3.63) is 58.0 Å². The number of aromatic nitrogens is 5. The third-order valence-corrected chi connectivity index (χ3v) is 5.82. The molecule has 0 spiro atoms. The fraction of sp³-hybridized carbons (Fsp3) is 0.400. The molecule has 3 aromatic rings. The van der Waals surface area contributed by atoms with E-state index in [1.54, 1.807) is 35.7 Å². The molecule has 170 valence electrons. The van der Waals surface area contributed by atoms with Gasteiger partial charge in [-0.3, -0.25) is 9.48 Å². The molecule has 0 bridgehead atoms. The third-order valence-electron chi connectivity index (χ3n) is 5.41. The molecule has 0 fully saturated rings. The molecule has 12 heteroatoms. The van der Waals surface area contributed by atoms with Gasteiger partial charge in [-0.1, -0.05) is 22.9 Å². The van der Waals surface area contributed by atoms with Gasteiger partial charge in [-0.25, -0.2) is 0 Å². The first kappa shape index (κ1) is 22.3. The van der Waals surface area contributed by atoms with Crippen LogP contribution in [0.1, 0.15) is 40.3 Å².